The minimum atomic E-state index is -0.316. The van der Waals surface area contributed by atoms with Gasteiger partial charge in [-0.3, -0.25) is 4.79 Å². The van der Waals surface area contributed by atoms with Crippen molar-refractivity contribution >= 4 is 23.3 Å². The van der Waals surface area contributed by atoms with Gasteiger partial charge < -0.3 is 25.0 Å². The number of aryl methyl sites for hydroxylation is 1. The monoisotopic (exact) mass is 411 g/mol. The highest BCUT2D eigenvalue weighted by molar-refractivity contribution is 5.98. The van der Waals surface area contributed by atoms with E-state index in [9.17, 15) is 9.59 Å². The van der Waals surface area contributed by atoms with Crippen molar-refractivity contribution in [2.75, 3.05) is 31.0 Å². The average Bonchev–Trinajstić information content (AvgIpc) is 3.12. The highest BCUT2D eigenvalue weighted by Crippen LogP contribution is 2.33. The second-order valence-electron chi connectivity index (χ2n) is 7.34. The molecule has 2 aromatic carbocycles. The Morgan fingerprint density at radius 2 is 1.83 bits per heavy atom. The third-order valence-corrected chi connectivity index (χ3v) is 5.17. The summed E-state index contributed by atoms with van der Waals surface area (Å²) in [7, 11) is 3.12. The van der Waals surface area contributed by atoms with Crippen LogP contribution in [0.2, 0.25) is 0 Å². The zero-order valence-corrected chi connectivity index (χ0v) is 17.7. The summed E-state index contributed by atoms with van der Waals surface area (Å²) in [4.78, 5) is 26.5. The number of nitrogens with one attached hydrogen (secondary N) is 2. The zero-order valence-electron chi connectivity index (χ0n) is 17.7. The predicted molar refractivity (Wildman–Crippen MR) is 118 cm³/mol. The highest BCUT2D eigenvalue weighted by Gasteiger charge is 2.32. The lowest BCUT2D eigenvalue weighted by Crippen LogP contribution is -2.39. The number of amides is 3. The molecule has 1 saturated heterocycles. The number of nitrogens with zero attached hydrogens (tertiary/aromatic N) is 1. The molecule has 0 bridgehead atoms. The van der Waals surface area contributed by atoms with Gasteiger partial charge in [0.25, 0.3) is 0 Å². The van der Waals surface area contributed by atoms with Crippen molar-refractivity contribution in [3.63, 3.8) is 0 Å². The Bertz CT molecular complexity index is 883. The molecular weight excluding hydrogens is 382 g/mol. The third-order valence-electron chi connectivity index (χ3n) is 5.17. The summed E-state index contributed by atoms with van der Waals surface area (Å²) < 4.78 is 10.6. The van der Waals surface area contributed by atoms with Gasteiger partial charge in [-0.05, 0) is 42.7 Å². The second kappa shape index (κ2) is 10.0. The van der Waals surface area contributed by atoms with Gasteiger partial charge in [0.15, 0.2) is 11.5 Å². The first-order valence-corrected chi connectivity index (χ1v) is 10.2. The topological polar surface area (TPSA) is 79.9 Å². The minimum absolute atomic E-state index is 0.0483. The van der Waals surface area contributed by atoms with E-state index in [1.165, 1.54) is 5.56 Å². The van der Waals surface area contributed by atoms with Crippen molar-refractivity contribution in [3.05, 3.63) is 48.0 Å². The van der Waals surface area contributed by atoms with Gasteiger partial charge in [-0.1, -0.05) is 25.5 Å². The average molecular weight is 412 g/mol. The van der Waals surface area contributed by atoms with Gasteiger partial charge in [-0.15, -0.1) is 0 Å². The van der Waals surface area contributed by atoms with Crippen molar-refractivity contribution in [3.8, 4) is 11.5 Å². The molecule has 7 nitrogen and oxygen atoms in total. The van der Waals surface area contributed by atoms with Crippen LogP contribution >= 0.6 is 0 Å². The molecule has 0 aliphatic carbocycles. The predicted octanol–water partition coefficient (Wildman–Crippen LogP) is 3.97. The van der Waals surface area contributed by atoms with E-state index in [1.54, 1.807) is 31.3 Å². The summed E-state index contributed by atoms with van der Waals surface area (Å²) in [5, 5.41) is 5.73. The van der Waals surface area contributed by atoms with Crippen molar-refractivity contribution in [2.45, 2.75) is 38.6 Å². The number of carbonyl (C=O) groups excluding carboxylic acids is 2. The Labute approximate surface area is 177 Å². The number of anilines is 2. The van der Waals surface area contributed by atoms with Crippen molar-refractivity contribution in [1.82, 2.24) is 5.32 Å². The molecule has 1 fully saturated rings. The highest BCUT2D eigenvalue weighted by atomic mass is 16.5. The molecule has 30 heavy (non-hydrogen) atoms. The molecular formula is C23H29N3O4. The van der Waals surface area contributed by atoms with E-state index in [4.69, 9.17) is 9.47 Å². The van der Waals surface area contributed by atoms with E-state index in [-0.39, 0.29) is 24.4 Å². The van der Waals surface area contributed by atoms with Crippen molar-refractivity contribution in [1.29, 1.82) is 0 Å². The van der Waals surface area contributed by atoms with E-state index >= 15 is 0 Å². The number of hydrogen-bond acceptors (Lipinski definition) is 4. The number of benzene rings is 2. The van der Waals surface area contributed by atoms with Gasteiger partial charge in [0, 0.05) is 30.4 Å². The first-order chi connectivity index (χ1) is 14.5. The van der Waals surface area contributed by atoms with E-state index in [0.29, 0.717) is 23.7 Å². The number of rotatable bonds is 8. The smallest absolute Gasteiger partial charge is 0.319 e. The standard InChI is InChI=1S/C23H29N3O4/c1-4-5-6-16-7-9-17(10-8-16)24-23(28)25-18-13-22(27)26(15-18)19-11-12-20(29-2)21(14-19)30-3/h7-12,14,18H,4-6,13,15H2,1-3H3,(H2,24,25,28)/t18-/m1/s1. The van der Waals surface area contributed by atoms with Crippen LogP contribution in [-0.4, -0.2) is 38.7 Å². The van der Waals surface area contributed by atoms with Crippen LogP contribution in [0, 0.1) is 0 Å². The summed E-state index contributed by atoms with van der Waals surface area (Å²) >= 11 is 0. The SMILES string of the molecule is CCCCc1ccc(NC(=O)N[C@@H]2CC(=O)N(c3ccc(OC)c(OC)c3)C2)cc1. The van der Waals surface area contributed by atoms with E-state index in [2.05, 4.69) is 17.6 Å². The van der Waals surface area contributed by atoms with E-state index < -0.39 is 0 Å². The lowest BCUT2D eigenvalue weighted by molar-refractivity contribution is -0.117. The molecule has 2 aromatic rings. The van der Waals surface area contributed by atoms with Gasteiger partial charge in [0.2, 0.25) is 5.91 Å². The number of hydrogen-bond donors (Lipinski definition) is 2. The van der Waals surface area contributed by atoms with Crippen molar-refractivity contribution < 1.29 is 19.1 Å². The number of carbonyl (C=O) groups is 2. The Morgan fingerprint density at radius 3 is 2.50 bits per heavy atom. The normalized spacial score (nSPS) is 15.8. The fourth-order valence-electron chi connectivity index (χ4n) is 3.53. The molecule has 160 valence electrons. The quantitative estimate of drug-likeness (QED) is 0.689. The number of unbranched alkanes of at least 4 members (excludes halogenated alkanes) is 1. The van der Waals surface area contributed by atoms with Crippen LogP contribution in [0.1, 0.15) is 31.7 Å². The fraction of sp³-hybridized carbons (Fsp3) is 0.391. The third kappa shape index (κ3) is 5.23. The number of methoxy groups -OCH3 is 2. The summed E-state index contributed by atoms with van der Waals surface area (Å²) in [5.41, 5.74) is 2.70. The second-order valence-corrected chi connectivity index (χ2v) is 7.34. The molecule has 1 atom stereocenters. The first-order valence-electron chi connectivity index (χ1n) is 10.2. The first kappa shape index (κ1) is 21.5. The maximum atomic E-state index is 12.5. The fourth-order valence-corrected chi connectivity index (χ4v) is 3.53. The Morgan fingerprint density at radius 1 is 1.10 bits per heavy atom. The molecule has 3 rings (SSSR count). The summed E-state index contributed by atoms with van der Waals surface area (Å²) in [6, 6.07) is 12.6. The molecule has 1 aliphatic rings. The lowest BCUT2D eigenvalue weighted by atomic mass is 10.1. The zero-order chi connectivity index (χ0) is 21.5. The maximum absolute atomic E-state index is 12.5. The molecule has 0 unspecified atom stereocenters. The van der Waals surface area contributed by atoms with Crippen LogP contribution in [0.4, 0.5) is 16.2 Å². The Hall–Kier alpha value is -3.22. The number of urea groups is 1. The van der Waals surface area contributed by atoms with Crippen LogP contribution in [0.5, 0.6) is 11.5 Å². The maximum Gasteiger partial charge on any atom is 0.319 e. The van der Waals surface area contributed by atoms with E-state index in [1.807, 2.05) is 30.3 Å². The summed E-state index contributed by atoms with van der Waals surface area (Å²) in [6.07, 6.45) is 3.60. The molecule has 0 radical (unpaired) electrons. The number of ether oxygens (including phenoxy) is 2. The lowest BCUT2D eigenvalue weighted by Gasteiger charge is -2.19. The Balaban J connectivity index is 1.57. The Kier molecular flexibility index (Phi) is 7.17. The van der Waals surface area contributed by atoms with Gasteiger partial charge in [0.1, 0.15) is 0 Å². The van der Waals surface area contributed by atoms with Crippen LogP contribution in [0.15, 0.2) is 42.5 Å². The van der Waals surface area contributed by atoms with Crippen LogP contribution in [0.3, 0.4) is 0 Å². The van der Waals surface area contributed by atoms with Gasteiger partial charge in [0.05, 0.1) is 20.3 Å². The van der Waals surface area contributed by atoms with Gasteiger partial charge in [-0.2, -0.15) is 0 Å². The molecule has 1 heterocycles. The van der Waals surface area contributed by atoms with Crippen LogP contribution < -0.4 is 25.0 Å². The van der Waals surface area contributed by atoms with Gasteiger partial charge >= 0.3 is 6.03 Å². The largest absolute Gasteiger partial charge is 0.493 e. The molecule has 0 aromatic heterocycles. The van der Waals surface area contributed by atoms with Gasteiger partial charge in [-0.25, -0.2) is 4.79 Å². The van der Waals surface area contributed by atoms with Crippen molar-refractivity contribution in [2.24, 2.45) is 0 Å². The summed E-state index contributed by atoms with van der Waals surface area (Å²) in [5.74, 6) is 1.11. The molecule has 0 spiro atoms. The molecule has 0 saturated carbocycles. The molecule has 1 aliphatic heterocycles. The molecule has 7 heteroatoms. The molecule has 2 N–H and O–H groups in total. The van der Waals surface area contributed by atoms with Crippen LogP contribution in [0.25, 0.3) is 0 Å². The van der Waals surface area contributed by atoms with E-state index in [0.717, 1.165) is 24.9 Å². The minimum Gasteiger partial charge on any atom is -0.493 e. The van der Waals surface area contributed by atoms with Crippen LogP contribution in [-0.2, 0) is 11.2 Å². The summed E-state index contributed by atoms with van der Waals surface area (Å²) in [6.45, 7) is 2.57. The molecule has 3 amide bonds.